The van der Waals surface area contributed by atoms with E-state index in [-0.39, 0.29) is 12.3 Å². The van der Waals surface area contributed by atoms with E-state index in [1.54, 1.807) is 0 Å². The van der Waals surface area contributed by atoms with Crippen molar-refractivity contribution in [3.05, 3.63) is 0 Å². The summed E-state index contributed by atoms with van der Waals surface area (Å²) < 4.78 is 0. The fraction of sp³-hybridized carbons (Fsp3) is 0.500. The monoisotopic (exact) mass is 162 g/mol. The largest absolute Gasteiger partial charge is 0.483 e. The molecule has 0 aliphatic carbocycles. The smallest absolute Gasteiger partial charge is 0.313 e. The zero-order valence-corrected chi connectivity index (χ0v) is 6.27. The second kappa shape index (κ2) is 6.73. The quantitative estimate of drug-likeness (QED) is 0.440. The van der Waals surface area contributed by atoms with Crippen molar-refractivity contribution in [2.75, 3.05) is 0 Å². The Morgan fingerprint density at radius 2 is 1.73 bits per heavy atom. The van der Waals surface area contributed by atoms with Gasteiger partial charge in [-0.3, -0.25) is 14.4 Å². The molecule has 5 heteroatoms. The van der Waals surface area contributed by atoms with Crippen LogP contribution < -0.4 is 0 Å². The Bertz CT molecular complexity index is 137. The van der Waals surface area contributed by atoms with Gasteiger partial charge in [-0.2, -0.15) is 0 Å². The standard InChI is InChI=1S/C5H8O3.CH2O2/c1-3(4(2)6)5(7)8;2-1-3/h3H,1-2H3,(H,7,8);1H,(H,2,3). The number of carboxylic acids is 1. The minimum Gasteiger partial charge on any atom is -0.483 e. The van der Waals surface area contributed by atoms with Crippen molar-refractivity contribution >= 4 is 18.2 Å². The number of carboxylic acid groups (broad SMARTS) is 2. The summed E-state index contributed by atoms with van der Waals surface area (Å²) in [5.74, 6) is -2.22. The molecule has 0 aliphatic rings. The van der Waals surface area contributed by atoms with Crippen LogP contribution in [0.2, 0.25) is 0 Å². The van der Waals surface area contributed by atoms with Crippen LogP contribution in [-0.4, -0.2) is 28.4 Å². The molecule has 1 unspecified atom stereocenters. The van der Waals surface area contributed by atoms with E-state index in [2.05, 4.69) is 0 Å². The van der Waals surface area contributed by atoms with Gasteiger partial charge in [0.15, 0.2) is 0 Å². The number of carbonyl (C=O) groups excluding carboxylic acids is 1. The van der Waals surface area contributed by atoms with Crippen LogP contribution in [0.3, 0.4) is 0 Å². The molecule has 0 spiro atoms. The molecule has 5 nitrogen and oxygen atoms in total. The minimum absolute atomic E-state index is 0.250. The maximum atomic E-state index is 10.2. The molecule has 0 radical (unpaired) electrons. The van der Waals surface area contributed by atoms with E-state index in [4.69, 9.17) is 15.0 Å². The summed E-state index contributed by atoms with van der Waals surface area (Å²) in [7, 11) is 0. The molecule has 0 fully saturated rings. The lowest BCUT2D eigenvalue weighted by atomic mass is 10.1. The van der Waals surface area contributed by atoms with Crippen LogP contribution in [0.5, 0.6) is 0 Å². The zero-order chi connectivity index (χ0) is 9.44. The summed E-state index contributed by atoms with van der Waals surface area (Å²) in [6.07, 6.45) is 0. The topological polar surface area (TPSA) is 91.7 Å². The molecule has 0 rings (SSSR count). The fourth-order valence-electron chi connectivity index (χ4n) is 0.174. The molecule has 0 aliphatic heterocycles. The van der Waals surface area contributed by atoms with Crippen LogP contribution in [0.25, 0.3) is 0 Å². The summed E-state index contributed by atoms with van der Waals surface area (Å²) >= 11 is 0. The van der Waals surface area contributed by atoms with E-state index in [1.165, 1.54) is 13.8 Å². The molecule has 0 aromatic heterocycles. The second-order valence-electron chi connectivity index (χ2n) is 1.78. The van der Waals surface area contributed by atoms with Gasteiger partial charge < -0.3 is 10.2 Å². The summed E-state index contributed by atoms with van der Waals surface area (Å²) in [5, 5.41) is 15.0. The van der Waals surface area contributed by atoms with Gasteiger partial charge >= 0.3 is 5.97 Å². The summed E-state index contributed by atoms with van der Waals surface area (Å²) in [4.78, 5) is 28.5. The Hall–Kier alpha value is -1.39. The van der Waals surface area contributed by atoms with Gasteiger partial charge in [0.05, 0.1) is 0 Å². The van der Waals surface area contributed by atoms with Gasteiger partial charge in [-0.25, -0.2) is 0 Å². The average molecular weight is 162 g/mol. The van der Waals surface area contributed by atoms with Crippen LogP contribution in [0, 0.1) is 5.92 Å². The van der Waals surface area contributed by atoms with E-state index in [1.807, 2.05) is 0 Å². The van der Waals surface area contributed by atoms with E-state index in [0.29, 0.717) is 0 Å². The van der Waals surface area contributed by atoms with E-state index < -0.39 is 11.9 Å². The SMILES string of the molecule is CC(=O)C(C)C(=O)O.O=CO. The van der Waals surface area contributed by atoms with Gasteiger partial charge in [0.2, 0.25) is 0 Å². The van der Waals surface area contributed by atoms with Crippen molar-refractivity contribution in [2.45, 2.75) is 13.8 Å². The van der Waals surface area contributed by atoms with Crippen molar-refractivity contribution in [2.24, 2.45) is 5.92 Å². The van der Waals surface area contributed by atoms with Gasteiger partial charge in [-0.1, -0.05) is 0 Å². The summed E-state index contributed by atoms with van der Waals surface area (Å²) in [6, 6.07) is 0. The van der Waals surface area contributed by atoms with E-state index in [0.717, 1.165) is 0 Å². The molecule has 0 heterocycles. The van der Waals surface area contributed by atoms with Crippen LogP contribution in [-0.2, 0) is 14.4 Å². The van der Waals surface area contributed by atoms with Gasteiger partial charge in [-0.15, -0.1) is 0 Å². The van der Waals surface area contributed by atoms with Crippen LogP contribution >= 0.6 is 0 Å². The van der Waals surface area contributed by atoms with E-state index >= 15 is 0 Å². The van der Waals surface area contributed by atoms with Crippen molar-refractivity contribution in [3.8, 4) is 0 Å². The molecule has 64 valence electrons. The number of aliphatic carboxylic acids is 1. The molecule has 0 saturated carbocycles. The summed E-state index contributed by atoms with van der Waals surface area (Å²) in [6.45, 7) is 2.38. The Kier molecular flexibility index (Phi) is 7.52. The Labute approximate surface area is 63.6 Å². The van der Waals surface area contributed by atoms with E-state index in [9.17, 15) is 9.59 Å². The Morgan fingerprint density at radius 1 is 1.45 bits per heavy atom. The highest BCUT2D eigenvalue weighted by atomic mass is 16.4. The third-order valence-electron chi connectivity index (χ3n) is 0.980. The molecule has 2 N–H and O–H groups in total. The lowest BCUT2D eigenvalue weighted by Gasteiger charge is -1.96. The first-order valence-corrected chi connectivity index (χ1v) is 2.78. The molecular formula is C6H10O5. The lowest BCUT2D eigenvalue weighted by molar-refractivity contribution is -0.144. The molecule has 0 amide bonds. The first-order chi connectivity index (χ1) is 4.97. The molecule has 0 aromatic carbocycles. The Balaban J connectivity index is 0. The first-order valence-electron chi connectivity index (χ1n) is 2.78. The third kappa shape index (κ3) is 8.61. The Morgan fingerprint density at radius 3 is 1.73 bits per heavy atom. The van der Waals surface area contributed by atoms with Crippen LogP contribution in [0.4, 0.5) is 0 Å². The maximum Gasteiger partial charge on any atom is 0.313 e. The fourth-order valence-corrected chi connectivity index (χ4v) is 0.174. The second-order valence-corrected chi connectivity index (χ2v) is 1.78. The first kappa shape index (κ1) is 12.3. The predicted octanol–water partition coefficient (Wildman–Crippen LogP) is -0.00310. The molecule has 0 bridgehead atoms. The summed E-state index contributed by atoms with van der Waals surface area (Å²) in [5.41, 5.74) is 0. The third-order valence-corrected chi connectivity index (χ3v) is 0.980. The number of rotatable bonds is 2. The maximum absolute atomic E-state index is 10.2. The number of hydrogen-bond donors (Lipinski definition) is 2. The number of ketones is 1. The van der Waals surface area contributed by atoms with Crippen LogP contribution in [0.1, 0.15) is 13.8 Å². The molecular weight excluding hydrogens is 152 g/mol. The van der Waals surface area contributed by atoms with Crippen LogP contribution in [0.15, 0.2) is 0 Å². The average Bonchev–Trinajstić information content (AvgIpc) is 1.87. The highest BCUT2D eigenvalue weighted by molar-refractivity contribution is 5.96. The van der Waals surface area contributed by atoms with Crippen molar-refractivity contribution in [1.29, 1.82) is 0 Å². The molecule has 0 saturated heterocycles. The predicted molar refractivity (Wildman–Crippen MR) is 36.2 cm³/mol. The highest BCUT2D eigenvalue weighted by Gasteiger charge is 2.14. The van der Waals surface area contributed by atoms with Gasteiger partial charge in [-0.05, 0) is 13.8 Å². The highest BCUT2D eigenvalue weighted by Crippen LogP contribution is 1.93. The number of carbonyl (C=O) groups is 3. The zero-order valence-electron chi connectivity index (χ0n) is 6.27. The molecule has 0 aromatic rings. The lowest BCUT2D eigenvalue weighted by Crippen LogP contribution is -2.16. The number of Topliss-reactive ketones (excluding diaryl/α,β-unsaturated/α-hetero) is 1. The van der Waals surface area contributed by atoms with Crippen molar-refractivity contribution in [3.63, 3.8) is 0 Å². The van der Waals surface area contributed by atoms with Gasteiger partial charge in [0.1, 0.15) is 11.7 Å². The molecule has 1 atom stereocenters. The van der Waals surface area contributed by atoms with Crippen molar-refractivity contribution in [1.82, 2.24) is 0 Å². The van der Waals surface area contributed by atoms with Crippen molar-refractivity contribution < 1.29 is 24.6 Å². The number of hydrogen-bond acceptors (Lipinski definition) is 3. The normalized spacial score (nSPS) is 10.4. The molecule has 11 heavy (non-hydrogen) atoms. The van der Waals surface area contributed by atoms with Gasteiger partial charge in [0.25, 0.3) is 6.47 Å². The van der Waals surface area contributed by atoms with Gasteiger partial charge in [0, 0.05) is 0 Å². The minimum atomic E-state index is -1.06.